The average Bonchev–Trinajstić information content (AvgIpc) is 2.71. The summed E-state index contributed by atoms with van der Waals surface area (Å²) in [6, 6.07) is 15.1. The number of urea groups is 1. The quantitative estimate of drug-likeness (QED) is 0.701. The molecule has 2 amide bonds. The molecule has 0 aromatic heterocycles. The molecule has 0 aliphatic carbocycles. The van der Waals surface area contributed by atoms with Gasteiger partial charge in [0.05, 0.1) is 5.69 Å². The molecule has 5 heteroatoms. The molecule has 0 bridgehead atoms. The van der Waals surface area contributed by atoms with Crippen molar-refractivity contribution in [2.24, 2.45) is 5.92 Å². The number of piperidine rings is 1. The van der Waals surface area contributed by atoms with Gasteiger partial charge in [-0.3, -0.25) is 0 Å². The summed E-state index contributed by atoms with van der Waals surface area (Å²) < 4.78 is 13.6. The summed E-state index contributed by atoms with van der Waals surface area (Å²) in [5, 5.41) is 5.31. The molecule has 0 spiro atoms. The first-order chi connectivity index (χ1) is 14.0. The van der Waals surface area contributed by atoms with Crippen LogP contribution in [-0.2, 0) is 12.8 Å². The SMILES string of the molecule is CC(C)N1CCC(Cc2ccc(CCNC(=O)Nc3ccccc3F)cc2)CC1. The summed E-state index contributed by atoms with van der Waals surface area (Å²) in [6.07, 6.45) is 4.45. The average molecular weight is 398 g/mol. The van der Waals surface area contributed by atoms with Crippen LogP contribution in [0.1, 0.15) is 37.8 Å². The van der Waals surface area contributed by atoms with E-state index < -0.39 is 5.82 Å². The monoisotopic (exact) mass is 397 g/mol. The van der Waals surface area contributed by atoms with E-state index in [-0.39, 0.29) is 11.7 Å². The molecule has 2 aromatic carbocycles. The fourth-order valence-corrected chi connectivity index (χ4v) is 3.90. The molecule has 2 N–H and O–H groups in total. The summed E-state index contributed by atoms with van der Waals surface area (Å²) in [4.78, 5) is 14.5. The van der Waals surface area contributed by atoms with E-state index in [2.05, 4.69) is 53.6 Å². The summed E-state index contributed by atoms with van der Waals surface area (Å²) >= 11 is 0. The number of para-hydroxylation sites is 1. The van der Waals surface area contributed by atoms with Gasteiger partial charge in [0.25, 0.3) is 0 Å². The van der Waals surface area contributed by atoms with Crippen LogP contribution in [0, 0.1) is 11.7 Å². The molecule has 0 unspecified atom stereocenters. The van der Waals surface area contributed by atoms with E-state index in [4.69, 9.17) is 0 Å². The molecule has 1 saturated heterocycles. The number of anilines is 1. The zero-order valence-electron chi connectivity index (χ0n) is 17.5. The Morgan fingerprint density at radius 2 is 1.72 bits per heavy atom. The van der Waals surface area contributed by atoms with Crippen LogP contribution in [0.5, 0.6) is 0 Å². The lowest BCUT2D eigenvalue weighted by Crippen LogP contribution is -2.38. The number of hydrogen-bond acceptors (Lipinski definition) is 2. The molecule has 156 valence electrons. The van der Waals surface area contributed by atoms with Gasteiger partial charge in [-0.1, -0.05) is 36.4 Å². The van der Waals surface area contributed by atoms with E-state index in [0.29, 0.717) is 12.6 Å². The molecule has 1 aliphatic rings. The number of hydrogen-bond donors (Lipinski definition) is 2. The maximum absolute atomic E-state index is 13.6. The van der Waals surface area contributed by atoms with Gasteiger partial charge in [-0.2, -0.15) is 0 Å². The van der Waals surface area contributed by atoms with E-state index in [9.17, 15) is 9.18 Å². The molecular weight excluding hydrogens is 365 g/mol. The molecule has 0 radical (unpaired) electrons. The third kappa shape index (κ3) is 6.57. The minimum atomic E-state index is -0.437. The second-order valence-corrected chi connectivity index (χ2v) is 8.20. The van der Waals surface area contributed by atoms with Crippen LogP contribution in [-0.4, -0.2) is 36.6 Å². The van der Waals surface area contributed by atoms with Gasteiger partial charge in [0, 0.05) is 12.6 Å². The van der Waals surface area contributed by atoms with Gasteiger partial charge in [0.2, 0.25) is 0 Å². The van der Waals surface area contributed by atoms with Gasteiger partial charge in [-0.05, 0) is 81.8 Å². The summed E-state index contributed by atoms with van der Waals surface area (Å²) in [5.74, 6) is 0.340. The maximum Gasteiger partial charge on any atom is 0.319 e. The highest BCUT2D eigenvalue weighted by molar-refractivity contribution is 5.89. The molecule has 2 aromatic rings. The van der Waals surface area contributed by atoms with Crippen molar-refractivity contribution in [3.05, 3.63) is 65.5 Å². The van der Waals surface area contributed by atoms with Gasteiger partial charge < -0.3 is 15.5 Å². The van der Waals surface area contributed by atoms with Gasteiger partial charge in [-0.15, -0.1) is 0 Å². The van der Waals surface area contributed by atoms with Crippen LogP contribution in [0.2, 0.25) is 0 Å². The summed E-state index contributed by atoms with van der Waals surface area (Å²) in [7, 11) is 0. The Labute approximate surface area is 173 Å². The first-order valence-corrected chi connectivity index (χ1v) is 10.6. The second-order valence-electron chi connectivity index (χ2n) is 8.20. The van der Waals surface area contributed by atoms with Crippen LogP contribution in [0.3, 0.4) is 0 Å². The van der Waals surface area contributed by atoms with Gasteiger partial charge in [-0.25, -0.2) is 9.18 Å². The summed E-state index contributed by atoms with van der Waals surface area (Å²) in [6.45, 7) is 7.48. The van der Waals surface area contributed by atoms with Crippen molar-refractivity contribution in [2.75, 3.05) is 25.0 Å². The van der Waals surface area contributed by atoms with Crippen molar-refractivity contribution in [2.45, 2.75) is 45.6 Å². The fourth-order valence-electron chi connectivity index (χ4n) is 3.90. The normalized spacial score (nSPS) is 15.4. The van der Waals surface area contributed by atoms with Crippen LogP contribution >= 0.6 is 0 Å². The lowest BCUT2D eigenvalue weighted by Gasteiger charge is -2.34. The molecule has 29 heavy (non-hydrogen) atoms. The fraction of sp³-hybridized carbons (Fsp3) is 0.458. The molecule has 0 saturated carbocycles. The Morgan fingerprint density at radius 3 is 2.38 bits per heavy atom. The van der Waals surface area contributed by atoms with Gasteiger partial charge >= 0.3 is 6.03 Å². The number of amides is 2. The topological polar surface area (TPSA) is 44.4 Å². The second kappa shape index (κ2) is 10.4. The van der Waals surface area contributed by atoms with E-state index in [1.165, 1.54) is 43.1 Å². The highest BCUT2D eigenvalue weighted by Crippen LogP contribution is 2.23. The predicted octanol–water partition coefficient (Wildman–Crippen LogP) is 4.85. The smallest absolute Gasteiger partial charge is 0.319 e. The number of likely N-dealkylation sites (tertiary alicyclic amines) is 1. The zero-order valence-corrected chi connectivity index (χ0v) is 17.5. The van der Waals surface area contributed by atoms with Crippen LogP contribution < -0.4 is 10.6 Å². The molecule has 4 nitrogen and oxygen atoms in total. The van der Waals surface area contributed by atoms with Crippen LogP contribution in [0.15, 0.2) is 48.5 Å². The minimum absolute atomic E-state index is 0.189. The van der Waals surface area contributed by atoms with Crippen molar-refractivity contribution >= 4 is 11.7 Å². The number of rotatable bonds is 7. The first-order valence-electron chi connectivity index (χ1n) is 10.6. The Bertz CT molecular complexity index is 783. The number of nitrogens with one attached hydrogen (secondary N) is 2. The van der Waals surface area contributed by atoms with Crippen molar-refractivity contribution in [1.82, 2.24) is 10.2 Å². The van der Waals surface area contributed by atoms with Crippen LogP contribution in [0.4, 0.5) is 14.9 Å². The van der Waals surface area contributed by atoms with E-state index in [1.54, 1.807) is 18.2 Å². The molecule has 1 heterocycles. The van der Waals surface area contributed by atoms with Crippen molar-refractivity contribution in [1.29, 1.82) is 0 Å². The lowest BCUT2D eigenvalue weighted by molar-refractivity contribution is 0.149. The predicted molar refractivity (Wildman–Crippen MR) is 117 cm³/mol. The highest BCUT2D eigenvalue weighted by Gasteiger charge is 2.20. The molecular formula is C24H32FN3O. The first kappa shape index (κ1) is 21.3. The molecule has 3 rings (SSSR count). The van der Waals surface area contributed by atoms with E-state index in [0.717, 1.165) is 18.8 Å². The van der Waals surface area contributed by atoms with E-state index >= 15 is 0 Å². The Hall–Kier alpha value is -2.40. The Balaban J connectivity index is 1.38. The number of benzene rings is 2. The molecule has 1 fully saturated rings. The standard InChI is InChI=1S/C24H32FN3O/c1-18(2)28-15-12-21(13-16-28)17-20-9-7-19(8-10-20)11-14-26-24(29)27-23-6-4-3-5-22(23)25/h3-10,18,21H,11-17H2,1-2H3,(H2,26,27,29). The number of carbonyl (C=O) groups is 1. The Morgan fingerprint density at radius 1 is 1.07 bits per heavy atom. The van der Waals surface area contributed by atoms with Crippen LogP contribution in [0.25, 0.3) is 0 Å². The number of carbonyl (C=O) groups excluding carboxylic acids is 1. The van der Waals surface area contributed by atoms with E-state index in [1.807, 2.05) is 0 Å². The zero-order chi connectivity index (χ0) is 20.6. The summed E-state index contributed by atoms with van der Waals surface area (Å²) in [5.41, 5.74) is 2.77. The largest absolute Gasteiger partial charge is 0.338 e. The van der Waals surface area contributed by atoms with Crippen molar-refractivity contribution in [3.63, 3.8) is 0 Å². The van der Waals surface area contributed by atoms with Gasteiger partial charge in [0.15, 0.2) is 0 Å². The number of nitrogens with zero attached hydrogens (tertiary/aromatic N) is 1. The van der Waals surface area contributed by atoms with Crippen molar-refractivity contribution < 1.29 is 9.18 Å². The van der Waals surface area contributed by atoms with Crippen molar-refractivity contribution in [3.8, 4) is 0 Å². The lowest BCUT2D eigenvalue weighted by atomic mass is 9.89. The Kier molecular flexibility index (Phi) is 7.64. The third-order valence-electron chi connectivity index (χ3n) is 5.75. The third-order valence-corrected chi connectivity index (χ3v) is 5.75. The highest BCUT2D eigenvalue weighted by atomic mass is 19.1. The molecule has 1 aliphatic heterocycles. The van der Waals surface area contributed by atoms with Gasteiger partial charge in [0.1, 0.15) is 5.82 Å². The minimum Gasteiger partial charge on any atom is -0.338 e. The number of halogens is 1. The maximum atomic E-state index is 13.6. The molecule has 0 atom stereocenters.